The van der Waals surface area contributed by atoms with Gasteiger partial charge in [0, 0.05) is 5.70 Å². The topological polar surface area (TPSA) is 76.7 Å². The van der Waals surface area contributed by atoms with Crippen molar-refractivity contribution in [3.05, 3.63) is 59.3 Å². The highest BCUT2D eigenvalue weighted by molar-refractivity contribution is 5.97. The van der Waals surface area contributed by atoms with Gasteiger partial charge in [0.1, 0.15) is 6.61 Å². The first-order valence-corrected chi connectivity index (χ1v) is 9.02. The summed E-state index contributed by atoms with van der Waals surface area (Å²) < 4.78 is 10.8. The lowest BCUT2D eigenvalue weighted by Crippen LogP contribution is -2.45. The molecule has 0 saturated carbocycles. The maximum atomic E-state index is 12.8. The number of benzene rings is 2. The Labute approximate surface area is 158 Å². The van der Waals surface area contributed by atoms with Crippen molar-refractivity contribution in [1.82, 2.24) is 10.6 Å². The van der Waals surface area contributed by atoms with Crippen LogP contribution in [0.25, 0.3) is 10.8 Å². The molecule has 27 heavy (non-hydrogen) atoms. The molecule has 1 aliphatic heterocycles. The molecule has 2 N–H and O–H groups in total. The molecule has 2 aromatic rings. The van der Waals surface area contributed by atoms with Gasteiger partial charge in [-0.1, -0.05) is 42.5 Å². The van der Waals surface area contributed by atoms with E-state index in [0.717, 1.165) is 16.3 Å². The zero-order valence-electron chi connectivity index (χ0n) is 15.7. The summed E-state index contributed by atoms with van der Waals surface area (Å²) in [5, 5.41) is 7.54. The van der Waals surface area contributed by atoms with Gasteiger partial charge in [-0.2, -0.15) is 0 Å². The number of carbonyl (C=O) groups is 2. The maximum absolute atomic E-state index is 12.8. The van der Waals surface area contributed by atoms with Crippen molar-refractivity contribution in [2.24, 2.45) is 0 Å². The van der Waals surface area contributed by atoms with E-state index in [2.05, 4.69) is 10.6 Å². The normalized spacial score (nSPS) is 17.0. The number of hydrogen-bond donors (Lipinski definition) is 2. The van der Waals surface area contributed by atoms with Crippen molar-refractivity contribution < 1.29 is 19.1 Å². The van der Waals surface area contributed by atoms with Crippen molar-refractivity contribution in [2.75, 3.05) is 13.2 Å². The molecule has 0 aromatic heterocycles. The minimum absolute atomic E-state index is 0.0729. The fourth-order valence-electron chi connectivity index (χ4n) is 3.20. The standard InChI is InChI=1S/C21H24N2O4/c1-13(2)26-11-12-27-20(24)18-14(3)22-21(25)23-19(18)17-10-6-8-15-7-4-5-9-16(15)17/h4-10,13,19H,11-12H2,1-3H3,(H2,22,23,25)/t19-/m1/s1. The molecule has 1 aliphatic rings. The molecular formula is C21H24N2O4. The molecule has 2 amide bonds. The summed E-state index contributed by atoms with van der Waals surface area (Å²) in [6.07, 6.45) is 0.0729. The highest BCUT2D eigenvalue weighted by Gasteiger charge is 2.33. The highest BCUT2D eigenvalue weighted by Crippen LogP contribution is 2.32. The van der Waals surface area contributed by atoms with Crippen LogP contribution < -0.4 is 10.6 Å². The Morgan fingerprint density at radius 3 is 2.63 bits per heavy atom. The predicted molar refractivity (Wildman–Crippen MR) is 103 cm³/mol. The second-order valence-electron chi connectivity index (χ2n) is 6.69. The number of rotatable bonds is 6. The Bertz CT molecular complexity index is 883. The van der Waals surface area contributed by atoms with Gasteiger partial charge >= 0.3 is 12.0 Å². The highest BCUT2D eigenvalue weighted by atomic mass is 16.6. The minimum Gasteiger partial charge on any atom is -0.460 e. The van der Waals surface area contributed by atoms with Gasteiger partial charge in [0.25, 0.3) is 0 Å². The van der Waals surface area contributed by atoms with Crippen LogP contribution in [-0.4, -0.2) is 31.3 Å². The summed E-state index contributed by atoms with van der Waals surface area (Å²) in [6, 6.07) is 12.8. The van der Waals surface area contributed by atoms with E-state index in [1.165, 1.54) is 0 Å². The van der Waals surface area contributed by atoms with Crippen molar-refractivity contribution in [3.63, 3.8) is 0 Å². The second-order valence-corrected chi connectivity index (χ2v) is 6.69. The van der Waals surface area contributed by atoms with E-state index < -0.39 is 12.0 Å². The van der Waals surface area contributed by atoms with E-state index in [1.54, 1.807) is 6.92 Å². The number of allylic oxidation sites excluding steroid dienone is 1. The van der Waals surface area contributed by atoms with Crippen molar-refractivity contribution in [1.29, 1.82) is 0 Å². The first-order chi connectivity index (χ1) is 13.0. The number of amides is 2. The number of esters is 1. The molecule has 6 heteroatoms. The fourth-order valence-corrected chi connectivity index (χ4v) is 3.20. The summed E-state index contributed by atoms with van der Waals surface area (Å²) in [5.41, 5.74) is 1.75. The third kappa shape index (κ3) is 4.28. The molecule has 0 spiro atoms. The van der Waals surface area contributed by atoms with Gasteiger partial charge in [-0.25, -0.2) is 9.59 Å². The lowest BCUT2D eigenvalue weighted by Gasteiger charge is -2.29. The van der Waals surface area contributed by atoms with Gasteiger partial charge in [-0.3, -0.25) is 0 Å². The van der Waals surface area contributed by atoms with Crippen LogP contribution in [0.1, 0.15) is 32.4 Å². The number of fused-ring (bicyclic) bond motifs is 1. The van der Waals surface area contributed by atoms with Crippen molar-refractivity contribution in [3.8, 4) is 0 Å². The Balaban J connectivity index is 1.91. The van der Waals surface area contributed by atoms with E-state index in [9.17, 15) is 9.59 Å². The molecular weight excluding hydrogens is 344 g/mol. The monoisotopic (exact) mass is 368 g/mol. The van der Waals surface area contributed by atoms with E-state index >= 15 is 0 Å². The predicted octanol–water partition coefficient (Wildman–Crippen LogP) is 3.44. The molecule has 1 heterocycles. The molecule has 1 atom stereocenters. The molecule has 142 valence electrons. The van der Waals surface area contributed by atoms with Crippen LogP contribution in [0.5, 0.6) is 0 Å². The summed E-state index contributed by atoms with van der Waals surface area (Å²) in [6.45, 7) is 6.04. The van der Waals surface area contributed by atoms with Crippen LogP contribution in [-0.2, 0) is 14.3 Å². The molecule has 3 rings (SSSR count). The SMILES string of the molecule is CC1=C(C(=O)OCCOC(C)C)[C@@H](c2cccc3ccccc23)NC(=O)N1. The summed E-state index contributed by atoms with van der Waals surface area (Å²) >= 11 is 0. The zero-order chi connectivity index (χ0) is 19.4. The van der Waals surface area contributed by atoms with E-state index in [-0.39, 0.29) is 18.7 Å². The Kier molecular flexibility index (Phi) is 5.76. The van der Waals surface area contributed by atoms with Crippen LogP contribution >= 0.6 is 0 Å². The van der Waals surface area contributed by atoms with E-state index in [4.69, 9.17) is 9.47 Å². The Hall–Kier alpha value is -2.86. The van der Waals surface area contributed by atoms with Crippen LogP contribution in [0.2, 0.25) is 0 Å². The maximum Gasteiger partial charge on any atom is 0.338 e. The second kappa shape index (κ2) is 8.22. The average molecular weight is 368 g/mol. The zero-order valence-corrected chi connectivity index (χ0v) is 15.7. The number of carbonyl (C=O) groups excluding carboxylic acids is 2. The van der Waals surface area contributed by atoms with Gasteiger partial charge in [0.15, 0.2) is 0 Å². The molecule has 6 nitrogen and oxygen atoms in total. The van der Waals surface area contributed by atoms with E-state index in [1.807, 2.05) is 56.3 Å². The largest absolute Gasteiger partial charge is 0.460 e. The molecule has 0 fully saturated rings. The van der Waals surface area contributed by atoms with Gasteiger partial charge < -0.3 is 20.1 Å². The quantitative estimate of drug-likeness (QED) is 0.605. The summed E-state index contributed by atoms with van der Waals surface area (Å²) in [4.78, 5) is 24.8. The van der Waals surface area contributed by atoms with Gasteiger partial charge in [-0.05, 0) is 37.1 Å². The molecule has 0 radical (unpaired) electrons. The summed E-state index contributed by atoms with van der Waals surface area (Å²) in [5.74, 6) is -0.467. The van der Waals surface area contributed by atoms with Crippen molar-refractivity contribution >= 4 is 22.8 Å². The Morgan fingerprint density at radius 1 is 1.11 bits per heavy atom. The van der Waals surface area contributed by atoms with Crippen LogP contribution in [0.3, 0.4) is 0 Å². The minimum atomic E-state index is -0.580. The van der Waals surface area contributed by atoms with Crippen LogP contribution in [0.4, 0.5) is 4.79 Å². The number of urea groups is 1. The smallest absolute Gasteiger partial charge is 0.338 e. The third-order valence-corrected chi connectivity index (χ3v) is 4.39. The molecule has 0 bridgehead atoms. The van der Waals surface area contributed by atoms with E-state index in [0.29, 0.717) is 17.9 Å². The van der Waals surface area contributed by atoms with Gasteiger partial charge in [0.05, 0.1) is 24.3 Å². The third-order valence-electron chi connectivity index (χ3n) is 4.39. The number of ether oxygens (including phenoxy) is 2. The molecule has 2 aromatic carbocycles. The van der Waals surface area contributed by atoms with Gasteiger partial charge in [0.2, 0.25) is 0 Å². The first kappa shape index (κ1) is 18.9. The molecule has 0 aliphatic carbocycles. The Morgan fingerprint density at radius 2 is 1.85 bits per heavy atom. The average Bonchev–Trinajstić information content (AvgIpc) is 2.63. The van der Waals surface area contributed by atoms with Crippen molar-refractivity contribution in [2.45, 2.75) is 32.9 Å². The van der Waals surface area contributed by atoms with Crippen LogP contribution in [0.15, 0.2) is 53.7 Å². The van der Waals surface area contributed by atoms with Gasteiger partial charge in [-0.15, -0.1) is 0 Å². The molecule has 0 saturated heterocycles. The number of nitrogens with one attached hydrogen (secondary N) is 2. The number of hydrogen-bond acceptors (Lipinski definition) is 4. The lowest BCUT2D eigenvalue weighted by molar-refractivity contribution is -0.141. The molecule has 0 unspecified atom stereocenters. The van der Waals surface area contributed by atoms with Crippen LogP contribution in [0, 0.1) is 0 Å². The fraction of sp³-hybridized carbons (Fsp3) is 0.333. The summed E-state index contributed by atoms with van der Waals surface area (Å²) in [7, 11) is 0. The lowest BCUT2D eigenvalue weighted by atomic mass is 9.91. The first-order valence-electron chi connectivity index (χ1n) is 9.02.